The van der Waals surface area contributed by atoms with Crippen molar-refractivity contribution in [2.75, 3.05) is 16.2 Å². The van der Waals surface area contributed by atoms with Gasteiger partial charge in [0.1, 0.15) is 6.26 Å². The van der Waals surface area contributed by atoms with Crippen molar-refractivity contribution in [2.45, 2.75) is 52.4 Å². The lowest BCUT2D eigenvalue weighted by Gasteiger charge is -2.38. The lowest BCUT2D eigenvalue weighted by atomic mass is 9.82. The van der Waals surface area contributed by atoms with Gasteiger partial charge in [-0.2, -0.15) is 0 Å². The number of nitrogens with zero attached hydrogens (tertiary/aromatic N) is 3. The number of aryl methyl sites for hydroxylation is 2. The summed E-state index contributed by atoms with van der Waals surface area (Å²) in [5.74, 6) is 0.470. The highest BCUT2D eigenvalue weighted by Gasteiger charge is 2.38. The summed E-state index contributed by atoms with van der Waals surface area (Å²) in [6.07, 6.45) is 4.65. The summed E-state index contributed by atoms with van der Waals surface area (Å²) in [6, 6.07) is 10.8. The van der Waals surface area contributed by atoms with E-state index >= 15 is 0 Å². The molecule has 4 aromatic rings. The number of benzene rings is 2. The van der Waals surface area contributed by atoms with Crippen molar-refractivity contribution in [3.05, 3.63) is 65.7 Å². The van der Waals surface area contributed by atoms with E-state index in [0.717, 1.165) is 12.8 Å². The van der Waals surface area contributed by atoms with Crippen LogP contribution in [0.4, 0.5) is 11.6 Å². The Morgan fingerprint density at radius 2 is 1.87 bits per heavy atom. The highest BCUT2D eigenvalue weighted by atomic mass is 32.2. The Labute approximate surface area is 221 Å². The third kappa shape index (κ3) is 4.49. The molecule has 198 valence electrons. The van der Waals surface area contributed by atoms with E-state index in [0.29, 0.717) is 51.6 Å². The van der Waals surface area contributed by atoms with E-state index in [2.05, 4.69) is 14.9 Å². The summed E-state index contributed by atoms with van der Waals surface area (Å²) < 4.78 is 40.9. The number of aromatic nitrogens is 2. The molecule has 3 heterocycles. The van der Waals surface area contributed by atoms with Crippen LogP contribution < -0.4 is 9.62 Å². The molecule has 10 heteroatoms. The van der Waals surface area contributed by atoms with Crippen LogP contribution in [0.1, 0.15) is 43.5 Å². The highest BCUT2D eigenvalue weighted by molar-refractivity contribution is 7.93. The van der Waals surface area contributed by atoms with Crippen molar-refractivity contribution in [3.63, 3.8) is 0 Å². The molecular weight excluding hydrogens is 504 g/mol. The van der Waals surface area contributed by atoms with Gasteiger partial charge in [0.25, 0.3) is 10.0 Å². The third-order valence-electron chi connectivity index (χ3n) is 7.13. The normalized spacial score (nSPS) is 15.6. The van der Waals surface area contributed by atoms with Gasteiger partial charge in [-0.1, -0.05) is 43.3 Å². The van der Waals surface area contributed by atoms with E-state index in [-0.39, 0.29) is 16.7 Å². The van der Waals surface area contributed by atoms with Crippen molar-refractivity contribution in [2.24, 2.45) is 5.41 Å². The topological polar surface area (TPSA) is 119 Å². The molecular formula is C28H30N4O5S. The Morgan fingerprint density at radius 1 is 1.08 bits per heavy atom. The SMILES string of the molecule is Cc1cccc(-c2ccc(-c3ncco3)cc2N2CCCC(C)(C)C2=O)c1S(=O)(=O)Nc1onc(C)c1C. The number of sulfonamides is 1. The molecule has 0 bridgehead atoms. The van der Waals surface area contributed by atoms with E-state index in [1.807, 2.05) is 32.0 Å². The number of rotatable bonds is 6. The number of nitrogens with one attached hydrogen (secondary N) is 1. The molecule has 0 spiro atoms. The summed E-state index contributed by atoms with van der Waals surface area (Å²) in [4.78, 5) is 19.7. The van der Waals surface area contributed by atoms with E-state index in [1.54, 1.807) is 50.1 Å². The van der Waals surface area contributed by atoms with Crippen LogP contribution in [0.2, 0.25) is 0 Å². The molecule has 1 saturated heterocycles. The lowest BCUT2D eigenvalue weighted by Crippen LogP contribution is -2.46. The van der Waals surface area contributed by atoms with Crippen LogP contribution in [0.25, 0.3) is 22.6 Å². The Bertz CT molecular complexity index is 1620. The van der Waals surface area contributed by atoms with Crippen molar-refractivity contribution >= 4 is 27.5 Å². The first kappa shape index (κ1) is 25.7. The number of anilines is 2. The largest absolute Gasteiger partial charge is 0.445 e. The summed E-state index contributed by atoms with van der Waals surface area (Å²) in [7, 11) is -4.09. The average Bonchev–Trinajstić information content (AvgIpc) is 3.51. The van der Waals surface area contributed by atoms with E-state index in [9.17, 15) is 13.2 Å². The van der Waals surface area contributed by atoms with Crippen LogP contribution >= 0.6 is 0 Å². The first-order valence-corrected chi connectivity index (χ1v) is 13.9. The molecule has 1 fully saturated rings. The molecule has 9 nitrogen and oxygen atoms in total. The average molecular weight is 535 g/mol. The number of carbonyl (C=O) groups excluding carboxylic acids is 1. The number of hydrogen-bond acceptors (Lipinski definition) is 7. The van der Waals surface area contributed by atoms with Gasteiger partial charge in [0, 0.05) is 34.2 Å². The summed E-state index contributed by atoms with van der Waals surface area (Å²) in [5.41, 5.74) is 3.60. The Morgan fingerprint density at radius 3 is 2.55 bits per heavy atom. The third-order valence-corrected chi connectivity index (χ3v) is 8.66. The Balaban J connectivity index is 1.70. The first-order valence-electron chi connectivity index (χ1n) is 12.4. The number of hydrogen-bond donors (Lipinski definition) is 1. The molecule has 1 aliphatic rings. The van der Waals surface area contributed by atoms with Gasteiger partial charge in [0.2, 0.25) is 17.7 Å². The molecule has 0 saturated carbocycles. The van der Waals surface area contributed by atoms with Gasteiger partial charge < -0.3 is 13.8 Å². The van der Waals surface area contributed by atoms with Crippen molar-refractivity contribution in [1.29, 1.82) is 0 Å². The molecule has 38 heavy (non-hydrogen) atoms. The zero-order valence-corrected chi connectivity index (χ0v) is 22.8. The second-order valence-electron chi connectivity index (χ2n) is 10.3. The molecule has 1 amide bonds. The quantitative estimate of drug-likeness (QED) is 0.328. The Hall–Kier alpha value is -3.92. The minimum absolute atomic E-state index is 0.0162. The Kier molecular flexibility index (Phi) is 6.38. The van der Waals surface area contributed by atoms with Gasteiger partial charge >= 0.3 is 0 Å². The zero-order valence-electron chi connectivity index (χ0n) is 22.0. The van der Waals surface area contributed by atoms with Crippen LogP contribution in [0.5, 0.6) is 0 Å². The highest BCUT2D eigenvalue weighted by Crippen LogP contribution is 2.42. The van der Waals surface area contributed by atoms with Gasteiger partial charge in [0.05, 0.1) is 22.5 Å². The van der Waals surface area contributed by atoms with Crippen LogP contribution in [-0.4, -0.2) is 31.0 Å². The fourth-order valence-electron chi connectivity index (χ4n) is 4.87. The zero-order chi connectivity index (χ0) is 27.2. The van der Waals surface area contributed by atoms with E-state index in [1.165, 1.54) is 6.26 Å². The van der Waals surface area contributed by atoms with Crippen LogP contribution in [0.3, 0.4) is 0 Å². The number of carbonyl (C=O) groups is 1. The van der Waals surface area contributed by atoms with Gasteiger partial charge in [-0.05, 0) is 51.3 Å². The molecule has 0 atom stereocenters. The van der Waals surface area contributed by atoms with Gasteiger partial charge in [-0.3, -0.25) is 4.79 Å². The van der Waals surface area contributed by atoms with Gasteiger partial charge in [-0.15, -0.1) is 0 Å². The number of amides is 1. The molecule has 0 aliphatic carbocycles. The van der Waals surface area contributed by atoms with Gasteiger partial charge in [-0.25, -0.2) is 18.1 Å². The van der Waals surface area contributed by atoms with Crippen molar-refractivity contribution < 1.29 is 22.2 Å². The van der Waals surface area contributed by atoms with Crippen molar-refractivity contribution in [1.82, 2.24) is 10.1 Å². The number of oxazole rings is 1. The minimum atomic E-state index is -4.09. The smallest absolute Gasteiger partial charge is 0.265 e. The first-order chi connectivity index (χ1) is 18.0. The predicted octanol–water partition coefficient (Wildman–Crippen LogP) is 5.88. The lowest BCUT2D eigenvalue weighted by molar-refractivity contribution is -0.128. The summed E-state index contributed by atoms with van der Waals surface area (Å²) >= 11 is 0. The van der Waals surface area contributed by atoms with E-state index in [4.69, 9.17) is 8.94 Å². The van der Waals surface area contributed by atoms with Crippen molar-refractivity contribution in [3.8, 4) is 22.6 Å². The molecule has 1 aliphatic heterocycles. The van der Waals surface area contributed by atoms with E-state index < -0.39 is 15.4 Å². The van der Waals surface area contributed by atoms with Gasteiger partial charge in [0.15, 0.2) is 0 Å². The fraction of sp³-hybridized carbons (Fsp3) is 0.321. The maximum atomic E-state index is 13.8. The maximum Gasteiger partial charge on any atom is 0.265 e. The second kappa shape index (κ2) is 9.43. The molecule has 2 aromatic carbocycles. The molecule has 0 radical (unpaired) electrons. The fourth-order valence-corrected chi connectivity index (χ4v) is 6.37. The van der Waals surface area contributed by atoms with Crippen LogP contribution in [0.15, 0.2) is 62.7 Å². The standard InChI is InChI=1S/C28H30N4O5S/c1-17-8-6-9-22(24(17)38(34,35)31-25-18(2)19(3)30-37-25)21-11-10-20(26-29-13-15-36-26)16-23(21)32-14-7-12-28(4,5)27(32)33/h6,8-11,13,15-16,31H,7,12,14H2,1-5H3. The monoisotopic (exact) mass is 534 g/mol. The number of piperidine rings is 1. The summed E-state index contributed by atoms with van der Waals surface area (Å²) in [6.45, 7) is 9.63. The minimum Gasteiger partial charge on any atom is -0.445 e. The predicted molar refractivity (Wildman–Crippen MR) is 144 cm³/mol. The van der Waals surface area contributed by atoms with Crippen LogP contribution in [0, 0.1) is 26.2 Å². The molecule has 2 aromatic heterocycles. The summed E-state index contributed by atoms with van der Waals surface area (Å²) in [5, 5.41) is 3.87. The molecule has 5 rings (SSSR count). The maximum absolute atomic E-state index is 13.8. The van der Waals surface area contributed by atoms with Crippen LogP contribution in [-0.2, 0) is 14.8 Å². The molecule has 1 N–H and O–H groups in total. The molecule has 0 unspecified atom stereocenters. The second-order valence-corrected chi connectivity index (χ2v) is 11.9.